The number of benzene rings is 2. The lowest BCUT2D eigenvalue weighted by molar-refractivity contribution is 0.338. The normalized spacial score (nSPS) is 14.1. The molecule has 34 heavy (non-hydrogen) atoms. The van der Waals surface area contributed by atoms with Crippen LogP contribution in [0.15, 0.2) is 95.6 Å². The Bertz CT molecular complexity index is 924. The molecule has 0 saturated heterocycles. The van der Waals surface area contributed by atoms with Crippen molar-refractivity contribution < 1.29 is 4.43 Å². The maximum absolute atomic E-state index is 7.01. The van der Waals surface area contributed by atoms with E-state index in [1.54, 1.807) is 0 Å². The molecule has 0 N–H and O–H groups in total. The molecule has 0 saturated carbocycles. The minimum absolute atomic E-state index is 0.00358. The molecule has 3 heteroatoms. The molecule has 1 nitrogen and oxygen atoms in total. The van der Waals surface area contributed by atoms with Crippen LogP contribution in [0.3, 0.4) is 0 Å². The van der Waals surface area contributed by atoms with Crippen molar-refractivity contribution in [2.45, 2.75) is 77.6 Å². The molecule has 2 rings (SSSR count). The smallest absolute Gasteiger partial charge is 0.261 e. The van der Waals surface area contributed by atoms with Crippen LogP contribution in [-0.4, -0.2) is 19.8 Å². The van der Waals surface area contributed by atoms with Crippen LogP contribution in [-0.2, 0) is 4.43 Å². The van der Waals surface area contributed by atoms with Crippen LogP contribution in [0.1, 0.15) is 67.7 Å². The number of allylic oxidation sites excluding steroid dienone is 5. The Morgan fingerprint density at radius 2 is 1.38 bits per heavy atom. The molecular weight excluding hydrogens is 496 g/mol. The Kier molecular flexibility index (Phi) is 11.3. The van der Waals surface area contributed by atoms with Gasteiger partial charge in [-0.05, 0) is 62.4 Å². The average molecular weight is 540 g/mol. The minimum atomic E-state index is -2.49. The Morgan fingerprint density at radius 1 is 0.853 bits per heavy atom. The van der Waals surface area contributed by atoms with Crippen molar-refractivity contribution in [3.05, 3.63) is 95.6 Å². The summed E-state index contributed by atoms with van der Waals surface area (Å²) in [7, 11) is -2.49. The van der Waals surface area contributed by atoms with Crippen molar-refractivity contribution in [1.29, 1.82) is 0 Å². The van der Waals surface area contributed by atoms with Gasteiger partial charge in [0, 0.05) is 4.83 Å². The molecule has 1 atom stereocenters. The van der Waals surface area contributed by atoms with Crippen LogP contribution >= 0.6 is 15.9 Å². The zero-order valence-electron chi connectivity index (χ0n) is 22.2. The minimum Gasteiger partial charge on any atom is -0.404 e. The van der Waals surface area contributed by atoms with Gasteiger partial charge < -0.3 is 4.43 Å². The lowest BCUT2D eigenvalue weighted by Gasteiger charge is -2.42. The summed E-state index contributed by atoms with van der Waals surface area (Å²) in [6.07, 6.45) is 10.2. The topological polar surface area (TPSA) is 9.23 Å². The molecule has 0 aliphatic heterocycles. The first-order valence-corrected chi connectivity index (χ1v) is 15.2. The van der Waals surface area contributed by atoms with Gasteiger partial charge >= 0.3 is 0 Å². The molecule has 2 aromatic carbocycles. The second-order valence-corrected chi connectivity index (χ2v) is 15.9. The van der Waals surface area contributed by atoms with Crippen molar-refractivity contribution in [3.63, 3.8) is 0 Å². The highest BCUT2D eigenvalue weighted by atomic mass is 79.9. The van der Waals surface area contributed by atoms with E-state index in [9.17, 15) is 0 Å². The van der Waals surface area contributed by atoms with E-state index in [4.69, 9.17) is 4.43 Å². The maximum Gasteiger partial charge on any atom is 0.261 e. The largest absolute Gasteiger partial charge is 0.404 e. The summed E-state index contributed by atoms with van der Waals surface area (Å²) in [5.74, 6) is 0. The van der Waals surface area contributed by atoms with Gasteiger partial charge in [-0.15, -0.1) is 0 Å². The van der Waals surface area contributed by atoms with E-state index in [0.29, 0.717) is 11.4 Å². The monoisotopic (exact) mass is 538 g/mol. The highest BCUT2D eigenvalue weighted by Gasteiger charge is 2.49. The average Bonchev–Trinajstić information content (AvgIpc) is 2.80. The predicted molar refractivity (Wildman–Crippen MR) is 157 cm³/mol. The summed E-state index contributed by atoms with van der Waals surface area (Å²) < 4.78 is 7.01. The number of halogens is 1. The summed E-state index contributed by atoms with van der Waals surface area (Å²) in [5, 5.41) is 2.64. The second kappa shape index (κ2) is 13.4. The zero-order chi connectivity index (χ0) is 25.2. The van der Waals surface area contributed by atoms with Gasteiger partial charge in [-0.3, -0.25) is 0 Å². The van der Waals surface area contributed by atoms with E-state index >= 15 is 0 Å². The molecule has 0 fully saturated rings. The van der Waals surface area contributed by atoms with Gasteiger partial charge in [-0.1, -0.05) is 132 Å². The van der Waals surface area contributed by atoms with Gasteiger partial charge in [0.2, 0.25) is 0 Å². The van der Waals surface area contributed by atoms with Gasteiger partial charge in [0.05, 0.1) is 6.61 Å². The maximum atomic E-state index is 7.01. The molecule has 184 valence electrons. The number of alkyl halides is 1. The highest BCUT2D eigenvalue weighted by Crippen LogP contribution is 2.36. The van der Waals surface area contributed by atoms with Crippen molar-refractivity contribution in [2.24, 2.45) is 0 Å². The molecule has 0 aliphatic carbocycles. The first-order chi connectivity index (χ1) is 16.1. The highest BCUT2D eigenvalue weighted by molar-refractivity contribution is 9.09. The summed E-state index contributed by atoms with van der Waals surface area (Å²) in [4.78, 5) is 0.327. The lowest BCUT2D eigenvalue weighted by Crippen LogP contribution is -2.66. The first kappa shape index (κ1) is 28.6. The Balaban J connectivity index is 2.20. The fraction of sp³-hybridized carbons (Fsp3) is 0.419. The summed E-state index contributed by atoms with van der Waals surface area (Å²) >= 11 is 3.90. The number of rotatable bonds is 11. The molecule has 0 aromatic heterocycles. The molecule has 0 heterocycles. The van der Waals surface area contributed by atoms with Gasteiger partial charge in [0.15, 0.2) is 0 Å². The third kappa shape index (κ3) is 7.93. The number of hydrogen-bond acceptors (Lipinski definition) is 1. The molecule has 2 aromatic rings. The van der Waals surface area contributed by atoms with Crippen LogP contribution in [0.5, 0.6) is 0 Å². The standard InChI is InChI=1S/C31H43BrOSi/c1-25(2)15-14-16-26(3)21-22-30(32)27(4)23-24-33-34(31(5,6)7,28-17-10-8-11-18-28)29-19-12-9-13-20-29/h8-13,15,17-21,23,30H,14,16,22,24H2,1-7H3/b26-21+,27-23+. The van der Waals surface area contributed by atoms with Crippen molar-refractivity contribution in [1.82, 2.24) is 0 Å². The first-order valence-electron chi connectivity index (χ1n) is 12.4. The van der Waals surface area contributed by atoms with E-state index < -0.39 is 8.32 Å². The molecule has 1 unspecified atom stereocenters. The SMILES string of the molecule is CC(C)=CCC/C(C)=C/CC(Br)/C(C)=C/CO[Si](c1ccccc1)(c1ccccc1)C(C)(C)C. The molecular formula is C31H43BrOSi. The molecule has 0 amide bonds. The van der Waals surface area contributed by atoms with Crippen LogP contribution in [0.2, 0.25) is 5.04 Å². The van der Waals surface area contributed by atoms with Gasteiger partial charge in [0.25, 0.3) is 8.32 Å². The van der Waals surface area contributed by atoms with E-state index in [2.05, 4.69) is 143 Å². The third-order valence-electron chi connectivity index (χ3n) is 6.38. The van der Waals surface area contributed by atoms with E-state index in [-0.39, 0.29) is 5.04 Å². The van der Waals surface area contributed by atoms with Crippen LogP contribution < -0.4 is 10.4 Å². The summed E-state index contributed by atoms with van der Waals surface area (Å²) in [6.45, 7) is 16.4. The van der Waals surface area contributed by atoms with Crippen molar-refractivity contribution >= 4 is 34.6 Å². The Labute approximate surface area is 218 Å². The van der Waals surface area contributed by atoms with Crippen LogP contribution in [0.25, 0.3) is 0 Å². The van der Waals surface area contributed by atoms with Gasteiger partial charge in [0.1, 0.15) is 0 Å². The Morgan fingerprint density at radius 3 is 1.85 bits per heavy atom. The second-order valence-electron chi connectivity index (χ2n) is 10.5. The molecule has 0 aliphatic rings. The third-order valence-corrected chi connectivity index (χ3v) is 12.5. The summed E-state index contributed by atoms with van der Waals surface area (Å²) in [6, 6.07) is 21.7. The van der Waals surface area contributed by atoms with Crippen molar-refractivity contribution in [3.8, 4) is 0 Å². The summed E-state index contributed by atoms with van der Waals surface area (Å²) in [5.41, 5.74) is 4.18. The predicted octanol–water partition coefficient (Wildman–Crippen LogP) is 8.36. The van der Waals surface area contributed by atoms with E-state index in [1.807, 2.05) is 0 Å². The van der Waals surface area contributed by atoms with E-state index in [1.165, 1.54) is 27.1 Å². The van der Waals surface area contributed by atoms with Crippen molar-refractivity contribution in [2.75, 3.05) is 6.61 Å². The molecule has 0 spiro atoms. The fourth-order valence-electron chi connectivity index (χ4n) is 4.37. The fourth-order valence-corrected chi connectivity index (χ4v) is 9.23. The molecule has 0 radical (unpaired) electrons. The lowest BCUT2D eigenvalue weighted by atomic mass is 10.1. The van der Waals surface area contributed by atoms with Crippen LogP contribution in [0, 0.1) is 0 Å². The van der Waals surface area contributed by atoms with E-state index in [0.717, 1.165) is 19.3 Å². The molecule has 0 bridgehead atoms. The van der Waals surface area contributed by atoms with Gasteiger partial charge in [-0.25, -0.2) is 0 Å². The quantitative estimate of drug-likeness (QED) is 0.158. The Hall–Kier alpha value is -1.68. The van der Waals surface area contributed by atoms with Gasteiger partial charge in [-0.2, -0.15) is 0 Å². The van der Waals surface area contributed by atoms with Crippen LogP contribution in [0.4, 0.5) is 0 Å². The zero-order valence-corrected chi connectivity index (χ0v) is 24.8. The number of hydrogen-bond donors (Lipinski definition) is 0.